The maximum Gasteiger partial charge on any atom is 0.0634 e. The van der Waals surface area contributed by atoms with E-state index in [-0.39, 0.29) is 0 Å². The molecule has 0 saturated heterocycles. The van der Waals surface area contributed by atoms with E-state index in [1.165, 1.54) is 5.57 Å². The summed E-state index contributed by atoms with van der Waals surface area (Å²) >= 11 is 0. The Hall–Kier alpha value is -1.63. The first-order valence-corrected chi connectivity index (χ1v) is 8.08. The molecule has 128 valence electrons. The van der Waals surface area contributed by atoms with Gasteiger partial charge in [-0.1, -0.05) is 57.6 Å². The Labute approximate surface area is 140 Å². The van der Waals surface area contributed by atoms with E-state index in [2.05, 4.69) is 33.2 Å². The van der Waals surface area contributed by atoms with Gasteiger partial charge in [0.1, 0.15) is 0 Å². The Bertz CT molecular complexity index is 339. The number of hydrogen-bond donors (Lipinski definition) is 1. The summed E-state index contributed by atoms with van der Waals surface area (Å²) in [6.07, 6.45) is 9.08. The summed E-state index contributed by atoms with van der Waals surface area (Å²) < 4.78 is 0. The minimum atomic E-state index is 0.582. The van der Waals surface area contributed by atoms with Crippen LogP contribution in [0.5, 0.6) is 0 Å². The van der Waals surface area contributed by atoms with E-state index >= 15 is 0 Å². The number of unbranched alkanes of at least 4 members (excludes halogenated alkanes) is 1. The second-order valence-corrected chi connectivity index (χ2v) is 4.53. The fraction of sp³-hybridized carbons (Fsp3) is 0.476. The van der Waals surface area contributed by atoms with Crippen molar-refractivity contribution in [2.24, 2.45) is 0 Å². The Morgan fingerprint density at radius 3 is 1.73 bits per heavy atom. The summed E-state index contributed by atoms with van der Waals surface area (Å²) in [5, 5.41) is 7.91. The number of allylic oxidation sites excluding steroid dienone is 6. The first kappa shape index (κ1) is 28.5. The molecule has 0 aromatic rings. The molecule has 0 aliphatic rings. The van der Waals surface area contributed by atoms with Gasteiger partial charge in [-0.05, 0) is 51.7 Å². The lowest BCUT2D eigenvalue weighted by atomic mass is 9.99. The molecule has 0 aliphatic heterocycles. The van der Waals surface area contributed by atoms with Crippen molar-refractivity contribution in [1.29, 1.82) is 5.41 Å². The van der Waals surface area contributed by atoms with Crippen LogP contribution < -0.4 is 0 Å². The second-order valence-electron chi connectivity index (χ2n) is 4.53. The van der Waals surface area contributed by atoms with Crippen molar-refractivity contribution in [2.45, 2.75) is 67.7 Å². The van der Waals surface area contributed by atoms with Crippen LogP contribution in [0.1, 0.15) is 67.7 Å². The molecule has 0 heterocycles. The van der Waals surface area contributed by atoms with E-state index in [1.54, 1.807) is 0 Å². The first-order valence-electron chi connectivity index (χ1n) is 8.08. The smallest absolute Gasteiger partial charge is 0.0634 e. The fourth-order valence-corrected chi connectivity index (χ4v) is 1.22. The summed E-state index contributed by atoms with van der Waals surface area (Å²) in [7, 11) is 0. The Morgan fingerprint density at radius 2 is 1.45 bits per heavy atom. The first-order chi connectivity index (χ1) is 10.4. The van der Waals surface area contributed by atoms with Crippen LogP contribution in [0.15, 0.2) is 61.3 Å². The zero-order valence-electron chi connectivity index (χ0n) is 16.2. The molecule has 0 amide bonds. The van der Waals surface area contributed by atoms with Crippen LogP contribution in [-0.4, -0.2) is 5.71 Å². The maximum absolute atomic E-state index is 7.91. The highest BCUT2D eigenvalue weighted by Gasteiger charge is 2.04. The highest BCUT2D eigenvalue weighted by atomic mass is 14.4. The van der Waals surface area contributed by atoms with E-state index in [4.69, 9.17) is 5.41 Å². The molecule has 0 aromatic carbocycles. The molecule has 0 atom stereocenters. The van der Waals surface area contributed by atoms with Crippen LogP contribution >= 0.6 is 0 Å². The predicted octanol–water partition coefficient (Wildman–Crippen LogP) is 7.69. The summed E-state index contributed by atoms with van der Waals surface area (Å²) in [5.74, 6) is 0. The number of nitrogens with one attached hydrogen (secondary N) is 1. The highest BCUT2D eigenvalue weighted by Crippen LogP contribution is 2.12. The zero-order valence-corrected chi connectivity index (χ0v) is 16.2. The van der Waals surface area contributed by atoms with Gasteiger partial charge in [-0.25, -0.2) is 0 Å². The molecule has 1 heteroatoms. The van der Waals surface area contributed by atoms with Crippen LogP contribution in [0, 0.1) is 5.41 Å². The third-order valence-electron chi connectivity index (χ3n) is 2.13. The van der Waals surface area contributed by atoms with Gasteiger partial charge in [0.2, 0.25) is 0 Å². The topological polar surface area (TPSA) is 23.9 Å². The van der Waals surface area contributed by atoms with E-state index in [0.29, 0.717) is 5.71 Å². The lowest BCUT2D eigenvalue weighted by Gasteiger charge is -2.07. The number of rotatable bonds is 6. The molecule has 0 aromatic heterocycles. The van der Waals surface area contributed by atoms with E-state index < -0.39 is 0 Å². The third kappa shape index (κ3) is 23.5. The van der Waals surface area contributed by atoms with Crippen molar-refractivity contribution in [3.05, 3.63) is 61.3 Å². The fourth-order valence-electron chi connectivity index (χ4n) is 1.22. The number of hydrogen-bond acceptors (Lipinski definition) is 1. The molecule has 0 saturated carbocycles. The molecule has 22 heavy (non-hydrogen) atoms. The maximum atomic E-state index is 7.91. The van der Waals surface area contributed by atoms with Gasteiger partial charge in [0, 0.05) is 0 Å². The van der Waals surface area contributed by atoms with Crippen molar-refractivity contribution < 1.29 is 0 Å². The molecule has 0 rings (SSSR count). The third-order valence-corrected chi connectivity index (χ3v) is 2.13. The van der Waals surface area contributed by atoms with E-state index in [1.807, 2.05) is 59.8 Å². The van der Waals surface area contributed by atoms with Crippen molar-refractivity contribution in [3.8, 4) is 0 Å². The van der Waals surface area contributed by atoms with E-state index in [0.717, 1.165) is 30.4 Å². The highest BCUT2D eigenvalue weighted by molar-refractivity contribution is 6.11. The van der Waals surface area contributed by atoms with Gasteiger partial charge in [-0.3, -0.25) is 0 Å². The standard InChI is InChI=1S/C13H21N.C4H8.C2H6.C2H4/c1-5-8-10-11(4)13(14)12(7-3)9-6-2;1-4(2)3;2*1-2/h6-7,9,14H,4-5,8,10H2,1-3H3;1H2,2-3H3;1-2H3;1-2H2/b9-6-,12-7+,14-13?;;;. The van der Waals surface area contributed by atoms with Gasteiger partial charge in [0.25, 0.3) is 0 Å². The molecule has 0 fully saturated rings. The lowest BCUT2D eigenvalue weighted by molar-refractivity contribution is 0.804. The summed E-state index contributed by atoms with van der Waals surface area (Å²) in [5.41, 5.74) is 3.66. The monoisotopic (exact) mass is 305 g/mol. The molecule has 0 unspecified atom stereocenters. The summed E-state index contributed by atoms with van der Waals surface area (Å²) in [6, 6.07) is 0. The van der Waals surface area contributed by atoms with E-state index in [9.17, 15) is 0 Å². The van der Waals surface area contributed by atoms with Crippen molar-refractivity contribution in [1.82, 2.24) is 0 Å². The lowest BCUT2D eigenvalue weighted by Crippen LogP contribution is -2.02. The van der Waals surface area contributed by atoms with Crippen LogP contribution in [0.2, 0.25) is 0 Å². The average Bonchev–Trinajstić information content (AvgIpc) is 2.52. The van der Waals surface area contributed by atoms with Gasteiger partial charge in [-0.2, -0.15) is 0 Å². The minimum Gasteiger partial charge on any atom is -0.300 e. The SMILES string of the molecule is C=C.C=C(C)C.C=C(CCCC)C(=N)C(/C=C\C)=C/C.CC. The zero-order chi connectivity index (χ0) is 18.6. The van der Waals surface area contributed by atoms with Crippen LogP contribution in [-0.2, 0) is 0 Å². The molecule has 1 nitrogen and oxygen atoms in total. The van der Waals surface area contributed by atoms with Crippen molar-refractivity contribution >= 4 is 5.71 Å². The molecule has 1 N–H and O–H groups in total. The van der Waals surface area contributed by atoms with Crippen molar-refractivity contribution in [3.63, 3.8) is 0 Å². The second kappa shape index (κ2) is 24.4. The molecule has 0 aliphatic carbocycles. The minimum absolute atomic E-state index is 0.582. The largest absolute Gasteiger partial charge is 0.300 e. The van der Waals surface area contributed by atoms with Crippen molar-refractivity contribution in [2.75, 3.05) is 0 Å². The molecule has 0 radical (unpaired) electrons. The molecular formula is C21H39N. The average molecular weight is 306 g/mol. The van der Waals surface area contributed by atoms with Gasteiger partial charge in [-0.15, -0.1) is 19.7 Å². The van der Waals surface area contributed by atoms with Crippen LogP contribution in [0.4, 0.5) is 0 Å². The Kier molecular flexibility index (Phi) is 31.6. The predicted molar refractivity (Wildman–Crippen MR) is 108 cm³/mol. The molecule has 0 spiro atoms. The van der Waals surface area contributed by atoms with Gasteiger partial charge in [0.05, 0.1) is 5.71 Å². The van der Waals surface area contributed by atoms with Gasteiger partial charge >= 0.3 is 0 Å². The Balaban J connectivity index is -0.000000170. The normalized spacial score (nSPS) is 9.32. The molecular weight excluding hydrogens is 266 g/mol. The van der Waals surface area contributed by atoms with Crippen LogP contribution in [0.25, 0.3) is 0 Å². The van der Waals surface area contributed by atoms with Gasteiger partial charge in [0.15, 0.2) is 0 Å². The summed E-state index contributed by atoms with van der Waals surface area (Å²) in [4.78, 5) is 0. The summed E-state index contributed by atoms with van der Waals surface area (Å²) in [6.45, 7) is 27.5. The Morgan fingerprint density at radius 1 is 1.05 bits per heavy atom. The van der Waals surface area contributed by atoms with Gasteiger partial charge < -0.3 is 5.41 Å². The van der Waals surface area contributed by atoms with Crippen LogP contribution in [0.3, 0.4) is 0 Å². The molecule has 0 bridgehead atoms. The quantitative estimate of drug-likeness (QED) is 0.295.